The van der Waals surface area contributed by atoms with Gasteiger partial charge >= 0.3 is 7.82 Å². The van der Waals surface area contributed by atoms with E-state index >= 15 is 0 Å². The second-order valence-corrected chi connectivity index (χ2v) is 7.52. The second-order valence-electron chi connectivity index (χ2n) is 4.73. The number of rotatable bonds is 10. The van der Waals surface area contributed by atoms with Crippen molar-refractivity contribution in [2.75, 3.05) is 12.3 Å². The summed E-state index contributed by atoms with van der Waals surface area (Å²) >= 11 is 0. The third-order valence-electron chi connectivity index (χ3n) is 2.85. The van der Waals surface area contributed by atoms with Crippen molar-refractivity contribution in [1.82, 2.24) is 19.5 Å². The number of carbonyl (C=O) groups excluding carboxylic acids is 2. The van der Waals surface area contributed by atoms with E-state index in [9.17, 15) is 23.6 Å². The van der Waals surface area contributed by atoms with Gasteiger partial charge in [0.2, 0.25) is 0 Å². The van der Waals surface area contributed by atoms with E-state index in [0.29, 0.717) is 0 Å². The van der Waals surface area contributed by atoms with Crippen LogP contribution in [-0.2, 0) is 32.3 Å². The van der Waals surface area contributed by atoms with Crippen LogP contribution in [0.5, 0.6) is 0 Å². The molecule has 17 heteroatoms. The number of aromatic nitrogens is 4. The van der Waals surface area contributed by atoms with E-state index in [1.807, 2.05) is 0 Å². The van der Waals surface area contributed by atoms with Gasteiger partial charge in [0.05, 0.1) is 12.9 Å². The first-order chi connectivity index (χ1) is 12.6. The van der Waals surface area contributed by atoms with Crippen LogP contribution in [0.2, 0.25) is 0 Å². The number of imidazole rings is 1. The summed E-state index contributed by atoms with van der Waals surface area (Å²) in [6.45, 7) is -0.981. The summed E-state index contributed by atoms with van der Waals surface area (Å²) in [7, 11) is -10.8. The number of fused-ring (bicyclic) bond motifs is 1. The third-order valence-corrected chi connectivity index (χ3v) is 4.98. The molecule has 0 aliphatic heterocycles. The van der Waals surface area contributed by atoms with E-state index in [-0.39, 0.29) is 29.6 Å². The van der Waals surface area contributed by atoms with Crippen molar-refractivity contribution in [2.24, 2.45) is 0 Å². The van der Waals surface area contributed by atoms with Crippen molar-refractivity contribution >= 4 is 45.2 Å². The van der Waals surface area contributed by atoms with Gasteiger partial charge in [-0.25, -0.2) is 23.8 Å². The van der Waals surface area contributed by atoms with Gasteiger partial charge in [-0.3, -0.25) is 18.5 Å². The number of ether oxygens (including phenoxy) is 1. The SMILES string of the molecule is Nc1ncnc2c1ncn2C(C=O)OC(C=O)COP(=O)(O)OP(=O)([O-])O. The average molecular weight is 424 g/mol. The van der Waals surface area contributed by atoms with Gasteiger partial charge in [0.1, 0.15) is 17.9 Å². The Morgan fingerprint density at radius 3 is 2.56 bits per heavy atom. The Kier molecular flexibility index (Phi) is 6.51. The van der Waals surface area contributed by atoms with Crippen molar-refractivity contribution in [1.29, 1.82) is 0 Å². The van der Waals surface area contributed by atoms with Gasteiger partial charge in [0, 0.05) is 0 Å². The number of phosphoric acid groups is 2. The van der Waals surface area contributed by atoms with Gasteiger partial charge < -0.3 is 29.9 Å². The van der Waals surface area contributed by atoms with Gasteiger partial charge in [-0.1, -0.05) is 0 Å². The molecule has 148 valence electrons. The van der Waals surface area contributed by atoms with Crippen LogP contribution in [0.15, 0.2) is 12.7 Å². The van der Waals surface area contributed by atoms with E-state index in [4.69, 9.17) is 20.3 Å². The number of anilines is 1. The molecule has 2 heterocycles. The monoisotopic (exact) mass is 424 g/mol. The van der Waals surface area contributed by atoms with Gasteiger partial charge in [0.25, 0.3) is 7.82 Å². The highest BCUT2D eigenvalue weighted by Gasteiger charge is 2.29. The smallest absolute Gasteiger partial charge is 0.478 e. The fourth-order valence-electron chi connectivity index (χ4n) is 1.83. The maximum Gasteiger partial charge on any atom is 0.478 e. The number of nitrogen functional groups attached to an aromatic ring is 1. The molecule has 0 aliphatic carbocycles. The highest BCUT2D eigenvalue weighted by atomic mass is 31.3. The minimum absolute atomic E-state index is 0.0306. The molecule has 4 unspecified atom stereocenters. The highest BCUT2D eigenvalue weighted by Crippen LogP contribution is 2.55. The number of nitrogens with zero attached hydrogens (tertiary/aromatic N) is 4. The minimum atomic E-state index is -5.57. The van der Waals surface area contributed by atoms with Gasteiger partial charge in [0.15, 0.2) is 30.3 Å². The summed E-state index contributed by atoms with van der Waals surface area (Å²) in [5.41, 5.74) is 5.88. The molecule has 15 nitrogen and oxygen atoms in total. The summed E-state index contributed by atoms with van der Waals surface area (Å²) in [5.74, 6) is 0.0306. The first-order valence-electron chi connectivity index (χ1n) is 6.78. The standard InChI is InChI=1S/C10H13N5O10P2/c11-9-8-10(13-4-12-9)15(5-14-8)7(2-17)24-6(1-16)3-23-27(21,22)25-26(18,19)20/h1-2,4-7H,3H2,(H,21,22)(H2,11,12,13)(H2,18,19,20)/p-1. The van der Waals surface area contributed by atoms with Crippen molar-refractivity contribution in [3.05, 3.63) is 12.7 Å². The molecule has 2 aromatic heterocycles. The predicted molar refractivity (Wildman–Crippen MR) is 82.5 cm³/mol. The summed E-state index contributed by atoms with van der Waals surface area (Å²) in [4.78, 5) is 61.9. The van der Waals surface area contributed by atoms with Crippen LogP contribution in [0, 0.1) is 0 Å². The third kappa shape index (κ3) is 5.69. The topological polar surface area (TPSA) is 229 Å². The molecule has 0 aliphatic rings. The maximum absolute atomic E-state index is 11.3. The van der Waals surface area contributed by atoms with Crippen molar-refractivity contribution < 1.29 is 47.0 Å². The summed E-state index contributed by atoms with van der Waals surface area (Å²) in [6, 6.07) is 0. The Hall–Kier alpha value is -2.09. The Bertz CT molecular complexity index is 928. The fraction of sp³-hybridized carbons (Fsp3) is 0.300. The van der Waals surface area contributed by atoms with Crippen LogP contribution in [0.25, 0.3) is 11.2 Å². The maximum atomic E-state index is 11.3. The molecule has 2 aromatic rings. The number of nitrogens with two attached hydrogens (primary N) is 1. The molecule has 4 N–H and O–H groups in total. The second kappa shape index (κ2) is 8.29. The summed E-state index contributed by atoms with van der Waals surface area (Å²) in [6.07, 6.45) is -0.444. The molecule has 4 atom stereocenters. The lowest BCUT2D eigenvalue weighted by Crippen LogP contribution is -2.27. The zero-order chi connectivity index (χ0) is 20.2. The largest absolute Gasteiger partial charge is 0.756 e. The van der Waals surface area contributed by atoms with Crippen molar-refractivity contribution in [3.8, 4) is 0 Å². The molecule has 0 amide bonds. The van der Waals surface area contributed by atoms with Crippen LogP contribution in [0.3, 0.4) is 0 Å². The minimum Gasteiger partial charge on any atom is -0.756 e. The predicted octanol–water partition coefficient (Wildman–Crippen LogP) is -1.72. The number of hydrogen-bond acceptors (Lipinski definition) is 12. The van der Waals surface area contributed by atoms with E-state index in [2.05, 4.69) is 23.8 Å². The number of aldehydes is 2. The average Bonchev–Trinajstić information content (AvgIpc) is 2.98. The lowest BCUT2D eigenvalue weighted by atomic mass is 10.4. The van der Waals surface area contributed by atoms with Gasteiger partial charge in [-0.05, 0) is 0 Å². The van der Waals surface area contributed by atoms with Crippen LogP contribution in [-0.4, -0.2) is 54.6 Å². The van der Waals surface area contributed by atoms with Crippen LogP contribution < -0.4 is 10.6 Å². The van der Waals surface area contributed by atoms with Crippen LogP contribution in [0.4, 0.5) is 5.82 Å². The molecule has 0 spiro atoms. The lowest BCUT2D eigenvalue weighted by molar-refractivity contribution is -0.212. The molecule has 0 aromatic carbocycles. The number of phosphoric ester groups is 1. The molecule has 0 radical (unpaired) electrons. The molecule has 2 rings (SSSR count). The van der Waals surface area contributed by atoms with Crippen molar-refractivity contribution in [2.45, 2.75) is 12.3 Å². The highest BCUT2D eigenvalue weighted by molar-refractivity contribution is 7.60. The zero-order valence-corrected chi connectivity index (χ0v) is 14.9. The quantitative estimate of drug-likeness (QED) is 0.285. The molecule has 0 fully saturated rings. The fourth-order valence-corrected chi connectivity index (χ4v) is 3.40. The molecule has 0 saturated carbocycles. The Balaban J connectivity index is 2.12. The summed E-state index contributed by atoms with van der Waals surface area (Å²) in [5, 5.41) is 0. The zero-order valence-electron chi connectivity index (χ0n) is 13.1. The molecule has 0 saturated heterocycles. The Labute approximate surface area is 150 Å². The first kappa shape index (κ1) is 21.2. The van der Waals surface area contributed by atoms with Gasteiger partial charge in [-0.2, -0.15) is 0 Å². The molecule has 0 bridgehead atoms. The first-order valence-corrected chi connectivity index (χ1v) is 9.77. The van der Waals surface area contributed by atoms with Gasteiger partial charge in [-0.15, -0.1) is 0 Å². The van der Waals surface area contributed by atoms with Crippen molar-refractivity contribution in [3.63, 3.8) is 0 Å². The van der Waals surface area contributed by atoms with Crippen LogP contribution in [0.1, 0.15) is 6.23 Å². The molecular weight excluding hydrogens is 412 g/mol. The molecular formula is C10H12N5O10P2-. The number of carbonyl (C=O) groups is 2. The van der Waals surface area contributed by atoms with E-state index in [0.717, 1.165) is 17.2 Å². The van der Waals surface area contributed by atoms with E-state index in [1.165, 1.54) is 0 Å². The Morgan fingerprint density at radius 1 is 1.26 bits per heavy atom. The van der Waals surface area contributed by atoms with E-state index < -0.39 is 34.6 Å². The molecule has 27 heavy (non-hydrogen) atoms. The Morgan fingerprint density at radius 2 is 1.96 bits per heavy atom. The normalized spacial score (nSPS) is 18.3. The van der Waals surface area contributed by atoms with Crippen LogP contribution >= 0.6 is 15.6 Å². The number of hydrogen-bond donors (Lipinski definition) is 3. The summed E-state index contributed by atoms with van der Waals surface area (Å²) < 4.78 is 35.7. The lowest BCUT2D eigenvalue weighted by Gasteiger charge is -2.22. The van der Waals surface area contributed by atoms with E-state index in [1.54, 1.807) is 0 Å².